The van der Waals surface area contributed by atoms with Crippen molar-refractivity contribution in [1.82, 2.24) is 9.78 Å². The number of hydrogen-bond acceptors (Lipinski definition) is 4. The first kappa shape index (κ1) is 20.7. The molecule has 5 nitrogen and oxygen atoms in total. The predicted molar refractivity (Wildman–Crippen MR) is 76.6 cm³/mol. The van der Waals surface area contributed by atoms with Crippen molar-refractivity contribution in [3.8, 4) is 5.69 Å². The number of alkyl halides is 3. The maximum absolute atomic E-state index is 14.0. The molecule has 0 fully saturated rings. The molecule has 1 heterocycles. The average Bonchev–Trinajstić information content (AvgIpc) is 2.54. The minimum atomic E-state index is -4.56. The zero-order chi connectivity index (χ0) is 18.4. The number of carboxylic acids is 1. The fraction of sp³-hybridized carbons (Fsp3) is 0.0625. The van der Waals surface area contributed by atoms with Crippen LogP contribution in [0.1, 0.15) is 16.1 Å². The van der Waals surface area contributed by atoms with Gasteiger partial charge in [-0.2, -0.15) is 18.3 Å². The van der Waals surface area contributed by atoms with E-state index in [-0.39, 0.29) is 62.6 Å². The molecule has 1 aromatic heterocycles. The molecule has 0 atom stereocenters. The molecule has 0 saturated carbocycles. The zero-order valence-corrected chi connectivity index (χ0v) is 16.3. The Hall–Kier alpha value is -1.59. The van der Waals surface area contributed by atoms with Gasteiger partial charge in [0.05, 0.1) is 28.1 Å². The van der Waals surface area contributed by atoms with Crippen LogP contribution in [0.2, 0.25) is 0 Å². The molecular formula is C16H7F4KN2O3. The third kappa shape index (κ3) is 3.74. The Bertz CT molecular complexity index is 1050. The molecular weight excluding hydrogens is 383 g/mol. The van der Waals surface area contributed by atoms with Gasteiger partial charge in [-0.1, -0.05) is 6.07 Å². The number of carbonyl (C=O) groups excluding carboxylic acids is 1. The summed E-state index contributed by atoms with van der Waals surface area (Å²) in [6.45, 7) is 0. The molecule has 0 aliphatic heterocycles. The molecule has 10 heteroatoms. The molecule has 26 heavy (non-hydrogen) atoms. The summed E-state index contributed by atoms with van der Waals surface area (Å²) >= 11 is 0. The van der Waals surface area contributed by atoms with Crippen LogP contribution in [-0.4, -0.2) is 15.7 Å². The van der Waals surface area contributed by atoms with Gasteiger partial charge >= 0.3 is 57.6 Å². The van der Waals surface area contributed by atoms with E-state index in [1.54, 1.807) is 0 Å². The van der Waals surface area contributed by atoms with Crippen LogP contribution in [0.3, 0.4) is 0 Å². The summed E-state index contributed by atoms with van der Waals surface area (Å²) in [5.41, 5.74) is -3.21. The summed E-state index contributed by atoms with van der Waals surface area (Å²) < 4.78 is 52.8. The molecule has 0 aliphatic rings. The number of aromatic carboxylic acids is 1. The van der Waals surface area contributed by atoms with E-state index in [4.69, 9.17) is 0 Å². The van der Waals surface area contributed by atoms with Gasteiger partial charge in [0.2, 0.25) is 5.43 Å². The molecule has 3 aromatic rings. The van der Waals surface area contributed by atoms with Crippen molar-refractivity contribution < 1.29 is 78.8 Å². The molecule has 128 valence electrons. The molecule has 0 radical (unpaired) electrons. The number of fused-ring (bicyclic) bond motifs is 1. The summed E-state index contributed by atoms with van der Waals surface area (Å²) in [5.74, 6) is -2.90. The first-order valence-electron chi connectivity index (χ1n) is 6.80. The van der Waals surface area contributed by atoms with E-state index in [1.165, 1.54) is 12.1 Å². The third-order valence-electron chi connectivity index (χ3n) is 3.49. The van der Waals surface area contributed by atoms with Crippen molar-refractivity contribution in [2.45, 2.75) is 6.18 Å². The molecule has 0 aliphatic carbocycles. The SMILES string of the molecule is O=C([O-])c1nn(-c2ccc(C(F)(F)F)cc2)c2cccc(F)c2c1=O.[K+]. The van der Waals surface area contributed by atoms with Gasteiger partial charge < -0.3 is 9.90 Å². The van der Waals surface area contributed by atoms with Crippen molar-refractivity contribution in [1.29, 1.82) is 0 Å². The molecule has 0 unspecified atom stereocenters. The number of nitrogens with zero attached hydrogens (tertiary/aromatic N) is 2. The average molecular weight is 390 g/mol. The maximum atomic E-state index is 14.0. The number of hydrogen-bond donors (Lipinski definition) is 0. The van der Waals surface area contributed by atoms with Crippen LogP contribution in [0.25, 0.3) is 16.6 Å². The minimum Gasteiger partial charge on any atom is -0.543 e. The van der Waals surface area contributed by atoms with Crippen LogP contribution >= 0.6 is 0 Å². The van der Waals surface area contributed by atoms with Crippen LogP contribution in [0.5, 0.6) is 0 Å². The van der Waals surface area contributed by atoms with Crippen molar-refractivity contribution >= 4 is 16.9 Å². The van der Waals surface area contributed by atoms with E-state index in [1.807, 2.05) is 0 Å². The van der Waals surface area contributed by atoms with Crippen molar-refractivity contribution in [3.63, 3.8) is 0 Å². The smallest absolute Gasteiger partial charge is 0.543 e. The summed E-state index contributed by atoms with van der Waals surface area (Å²) in [6.07, 6.45) is -4.56. The van der Waals surface area contributed by atoms with Gasteiger partial charge in [0.25, 0.3) is 0 Å². The summed E-state index contributed by atoms with van der Waals surface area (Å²) in [5, 5.41) is 14.1. The normalized spacial score (nSPS) is 11.2. The van der Waals surface area contributed by atoms with Gasteiger partial charge in [0, 0.05) is 0 Å². The van der Waals surface area contributed by atoms with E-state index in [0.717, 1.165) is 35.0 Å². The molecule has 0 bridgehead atoms. The number of aromatic nitrogens is 2. The quantitative estimate of drug-likeness (QED) is 0.412. The third-order valence-corrected chi connectivity index (χ3v) is 3.49. The fourth-order valence-corrected chi connectivity index (χ4v) is 2.35. The standard InChI is InChI=1S/C16H8F4N2O3.K/c17-10-2-1-3-11-12(10)14(23)13(15(24)25)21-22(11)9-6-4-8(5-7-9)16(18,19)20;/h1-7H,(H,24,25);/q;+1/p-1. The topological polar surface area (TPSA) is 75.0 Å². The monoisotopic (exact) mass is 390 g/mol. The predicted octanol–water partition coefficient (Wildman–Crippen LogP) is -1.09. The van der Waals surface area contributed by atoms with Gasteiger partial charge in [0.1, 0.15) is 5.82 Å². The van der Waals surface area contributed by atoms with Crippen LogP contribution in [-0.2, 0) is 6.18 Å². The van der Waals surface area contributed by atoms with E-state index in [9.17, 15) is 32.3 Å². The second-order valence-electron chi connectivity index (χ2n) is 5.06. The summed E-state index contributed by atoms with van der Waals surface area (Å²) in [4.78, 5) is 23.2. The number of benzene rings is 2. The number of halogens is 4. The second-order valence-corrected chi connectivity index (χ2v) is 5.06. The van der Waals surface area contributed by atoms with Crippen molar-refractivity contribution in [3.05, 3.63) is 69.8 Å². The Morgan fingerprint density at radius 3 is 2.23 bits per heavy atom. The van der Waals surface area contributed by atoms with E-state index in [0.29, 0.717) is 0 Å². The van der Waals surface area contributed by atoms with E-state index >= 15 is 0 Å². The Labute approximate surface area is 185 Å². The van der Waals surface area contributed by atoms with Crippen LogP contribution in [0, 0.1) is 5.82 Å². The molecule has 0 spiro atoms. The Morgan fingerprint density at radius 1 is 1.08 bits per heavy atom. The fourth-order valence-electron chi connectivity index (χ4n) is 2.35. The second kappa shape index (κ2) is 7.57. The van der Waals surface area contributed by atoms with Gasteiger partial charge in [-0.3, -0.25) is 4.79 Å². The Balaban J connectivity index is 0.00000243. The van der Waals surface area contributed by atoms with E-state index < -0.39 is 40.0 Å². The molecule has 3 rings (SSSR count). The van der Waals surface area contributed by atoms with E-state index in [2.05, 4.69) is 5.10 Å². The number of rotatable bonds is 2. The molecule has 2 aromatic carbocycles. The molecule has 0 amide bonds. The molecule has 0 N–H and O–H groups in total. The Morgan fingerprint density at radius 2 is 1.69 bits per heavy atom. The Kier molecular flexibility index (Phi) is 6.03. The minimum absolute atomic E-state index is 0. The van der Waals surface area contributed by atoms with Crippen molar-refractivity contribution in [2.75, 3.05) is 0 Å². The summed E-state index contributed by atoms with van der Waals surface area (Å²) in [7, 11) is 0. The van der Waals surface area contributed by atoms with Crippen LogP contribution in [0.4, 0.5) is 17.6 Å². The van der Waals surface area contributed by atoms with Gasteiger partial charge in [-0.25, -0.2) is 9.07 Å². The van der Waals surface area contributed by atoms with Crippen molar-refractivity contribution in [2.24, 2.45) is 0 Å². The van der Waals surface area contributed by atoms with Crippen LogP contribution in [0.15, 0.2) is 47.3 Å². The first-order valence-corrected chi connectivity index (χ1v) is 6.80. The van der Waals surface area contributed by atoms with Gasteiger partial charge in [0.15, 0.2) is 5.69 Å². The maximum Gasteiger partial charge on any atom is 1.00 e. The van der Waals surface area contributed by atoms with Crippen LogP contribution < -0.4 is 61.9 Å². The first-order chi connectivity index (χ1) is 11.7. The van der Waals surface area contributed by atoms with Gasteiger partial charge in [-0.05, 0) is 36.4 Å². The largest absolute Gasteiger partial charge is 1.00 e. The number of carbonyl (C=O) groups is 1. The van der Waals surface area contributed by atoms with Gasteiger partial charge in [-0.15, -0.1) is 0 Å². The number of carboxylic acid groups (broad SMARTS) is 1. The molecule has 0 saturated heterocycles. The zero-order valence-electron chi connectivity index (χ0n) is 13.2. The summed E-state index contributed by atoms with van der Waals surface area (Å²) in [6, 6.07) is 7.10.